The van der Waals surface area contributed by atoms with Crippen molar-refractivity contribution in [1.82, 2.24) is 16.0 Å². The number of carbonyl (C=O) groups is 6. The Kier molecular flexibility index (Phi) is 13.4. The minimum atomic E-state index is -1.03. The van der Waals surface area contributed by atoms with Crippen LogP contribution in [0.3, 0.4) is 0 Å². The average molecular weight is 823 g/mol. The fourth-order valence-electron chi connectivity index (χ4n) is 6.32. The maximum absolute atomic E-state index is 12.1. The maximum Gasteiger partial charge on any atom is 0.336 e. The van der Waals surface area contributed by atoms with Crippen molar-refractivity contribution in [2.24, 2.45) is 32.7 Å². The zero-order chi connectivity index (χ0) is 45.2. The van der Waals surface area contributed by atoms with Gasteiger partial charge in [-0.05, 0) is 83.6 Å². The molecule has 15 nitrogen and oxygen atoms in total. The number of aliphatic imine (C=N–C) groups is 3. The first-order valence-corrected chi connectivity index (χ1v) is 19.5. The smallest absolute Gasteiger partial charge is 0.336 e. The van der Waals surface area contributed by atoms with E-state index in [0.717, 1.165) is 16.7 Å². The molecule has 15 heteroatoms. The lowest BCUT2D eigenvalue weighted by molar-refractivity contribution is -0.125. The van der Waals surface area contributed by atoms with Crippen LogP contribution in [-0.4, -0.2) is 85.1 Å². The van der Waals surface area contributed by atoms with E-state index in [1.165, 1.54) is 6.07 Å². The maximum atomic E-state index is 12.1. The molecule has 3 heterocycles. The van der Waals surface area contributed by atoms with Crippen LogP contribution in [0.4, 0.5) is 0 Å². The molecule has 0 aliphatic carbocycles. The Hall–Kier alpha value is -6.51. The molecule has 3 unspecified atom stereocenters. The third kappa shape index (κ3) is 9.19. The van der Waals surface area contributed by atoms with E-state index in [2.05, 4.69) is 30.9 Å². The van der Waals surface area contributed by atoms with Gasteiger partial charge in [-0.1, -0.05) is 88.6 Å². The quantitative estimate of drug-likeness (QED) is 0.149. The summed E-state index contributed by atoms with van der Waals surface area (Å²) in [5, 5.41) is 36.0. The summed E-state index contributed by atoms with van der Waals surface area (Å²) in [6, 6.07) is 15.1. The summed E-state index contributed by atoms with van der Waals surface area (Å²) in [4.78, 5) is 83.6. The van der Waals surface area contributed by atoms with Crippen molar-refractivity contribution >= 4 is 53.1 Å². The molecule has 3 atom stereocenters. The Morgan fingerprint density at radius 3 is 1.03 bits per heavy atom. The number of hydrogen-bond donors (Lipinski definition) is 6. The summed E-state index contributed by atoms with van der Waals surface area (Å²) in [5.74, 6) is -2.58. The van der Waals surface area contributed by atoms with Gasteiger partial charge in [0, 0.05) is 16.7 Å². The van der Waals surface area contributed by atoms with Gasteiger partial charge in [-0.15, -0.1) is 0 Å². The van der Waals surface area contributed by atoms with Gasteiger partial charge in [0.15, 0.2) is 0 Å². The largest absolute Gasteiger partial charge is 0.478 e. The average Bonchev–Trinajstić information content (AvgIpc) is 3.77. The highest BCUT2D eigenvalue weighted by molar-refractivity contribution is 6.20. The first kappa shape index (κ1) is 46.2. The van der Waals surface area contributed by atoms with Crippen molar-refractivity contribution in [1.29, 1.82) is 0 Å². The molecule has 0 radical (unpaired) electrons. The second-order valence-corrected chi connectivity index (χ2v) is 16.7. The van der Waals surface area contributed by atoms with Crippen molar-refractivity contribution in [2.45, 2.75) is 99.7 Å². The van der Waals surface area contributed by atoms with Crippen LogP contribution in [0, 0.1) is 38.5 Å². The number of carbonyl (C=O) groups excluding carboxylic acids is 3. The fourth-order valence-corrected chi connectivity index (χ4v) is 6.32. The Bertz CT molecular complexity index is 2270. The highest BCUT2D eigenvalue weighted by Gasteiger charge is 2.44. The van der Waals surface area contributed by atoms with Crippen LogP contribution in [0.1, 0.15) is 127 Å². The van der Waals surface area contributed by atoms with E-state index in [9.17, 15) is 44.1 Å². The number of carboxylic acid groups (broad SMARTS) is 3. The van der Waals surface area contributed by atoms with E-state index in [-0.39, 0.29) is 52.2 Å². The summed E-state index contributed by atoms with van der Waals surface area (Å²) in [6.45, 7) is 22.3. The third-order valence-electron chi connectivity index (χ3n) is 11.5. The topological polar surface area (TPSA) is 236 Å². The van der Waals surface area contributed by atoms with E-state index in [1.54, 1.807) is 57.2 Å². The lowest BCUT2D eigenvalue weighted by Gasteiger charge is -2.21. The zero-order valence-corrected chi connectivity index (χ0v) is 36.1. The summed E-state index contributed by atoms with van der Waals surface area (Å²) in [5.41, 5.74) is 1.85. The van der Waals surface area contributed by atoms with E-state index < -0.39 is 34.5 Å². The Labute approximate surface area is 349 Å². The highest BCUT2D eigenvalue weighted by Crippen LogP contribution is 2.30. The number of amides is 3. The number of amidine groups is 3. The molecule has 3 aromatic carbocycles. The second kappa shape index (κ2) is 17.4. The molecular formula is C45H54N6O9. The van der Waals surface area contributed by atoms with E-state index in [1.807, 2.05) is 74.4 Å². The monoisotopic (exact) mass is 822 g/mol. The van der Waals surface area contributed by atoms with Crippen molar-refractivity contribution < 1.29 is 44.1 Å². The van der Waals surface area contributed by atoms with Gasteiger partial charge >= 0.3 is 17.9 Å². The number of carboxylic acids is 3. The van der Waals surface area contributed by atoms with Gasteiger partial charge in [-0.2, -0.15) is 0 Å². The van der Waals surface area contributed by atoms with Crippen molar-refractivity contribution in [2.75, 3.05) is 0 Å². The molecule has 0 saturated heterocycles. The number of nitrogens with one attached hydrogen (secondary N) is 3. The fraction of sp³-hybridized carbons (Fsp3) is 0.400. The molecule has 0 saturated carbocycles. The number of hydrogen-bond acceptors (Lipinski definition) is 9. The molecule has 318 valence electrons. The predicted octanol–water partition coefficient (Wildman–Crippen LogP) is 5.95. The Balaban J connectivity index is 0.000000198. The van der Waals surface area contributed by atoms with Crippen LogP contribution in [-0.2, 0) is 14.4 Å². The van der Waals surface area contributed by atoms with Gasteiger partial charge in [0.25, 0.3) is 17.7 Å². The van der Waals surface area contributed by atoms with Gasteiger partial charge in [0.1, 0.15) is 34.1 Å². The van der Waals surface area contributed by atoms with E-state index in [0.29, 0.717) is 34.2 Å². The van der Waals surface area contributed by atoms with Crippen molar-refractivity contribution in [3.05, 3.63) is 105 Å². The van der Waals surface area contributed by atoms with Gasteiger partial charge in [-0.25, -0.2) is 14.4 Å². The molecular weight excluding hydrogens is 769 g/mol. The van der Waals surface area contributed by atoms with Crippen LogP contribution < -0.4 is 16.0 Å². The highest BCUT2D eigenvalue weighted by atomic mass is 16.4. The number of benzene rings is 3. The summed E-state index contributed by atoms with van der Waals surface area (Å²) in [6.07, 6.45) is 0. The van der Waals surface area contributed by atoms with Gasteiger partial charge < -0.3 is 31.3 Å². The molecule has 6 N–H and O–H groups in total. The third-order valence-corrected chi connectivity index (χ3v) is 11.5. The molecule has 3 aromatic rings. The van der Waals surface area contributed by atoms with E-state index in [4.69, 9.17) is 0 Å². The number of aromatic carboxylic acids is 3. The molecule has 60 heavy (non-hydrogen) atoms. The SMILES string of the molecule is Cc1ccc(C(=O)O)c(C2=NC(C)(C(C)C)C(=O)N2)c1.Cc1ccc(C2=NC(C)(C(C)C)C(=O)N2)c(C(=O)O)c1.Cc1ccc(C2=NC(C)(C(C)C)C(=O)N2)c(C(=O)O)c1. The Morgan fingerprint density at radius 1 is 0.467 bits per heavy atom. The summed E-state index contributed by atoms with van der Waals surface area (Å²) < 4.78 is 0. The zero-order valence-electron chi connectivity index (χ0n) is 36.1. The first-order chi connectivity index (χ1) is 27.8. The van der Waals surface area contributed by atoms with E-state index >= 15 is 0 Å². The number of rotatable bonds is 9. The molecule has 3 aliphatic rings. The number of aryl methyl sites for hydroxylation is 3. The normalized spacial score (nSPS) is 21.9. The van der Waals surface area contributed by atoms with Crippen LogP contribution in [0.5, 0.6) is 0 Å². The van der Waals surface area contributed by atoms with Crippen molar-refractivity contribution in [3.8, 4) is 0 Å². The van der Waals surface area contributed by atoms with Gasteiger partial charge in [0.2, 0.25) is 0 Å². The van der Waals surface area contributed by atoms with Gasteiger partial charge in [-0.3, -0.25) is 29.4 Å². The Morgan fingerprint density at radius 2 is 0.750 bits per heavy atom. The summed E-state index contributed by atoms with van der Waals surface area (Å²) >= 11 is 0. The van der Waals surface area contributed by atoms with Crippen LogP contribution in [0.15, 0.2) is 69.6 Å². The molecule has 6 rings (SSSR count). The van der Waals surface area contributed by atoms with Gasteiger partial charge in [0.05, 0.1) is 16.7 Å². The molecule has 0 fully saturated rings. The summed E-state index contributed by atoms with van der Waals surface area (Å²) in [7, 11) is 0. The minimum Gasteiger partial charge on any atom is -0.478 e. The van der Waals surface area contributed by atoms with Crippen LogP contribution in [0.2, 0.25) is 0 Å². The first-order valence-electron chi connectivity index (χ1n) is 19.5. The molecule has 0 bridgehead atoms. The van der Waals surface area contributed by atoms with Crippen LogP contribution in [0.25, 0.3) is 0 Å². The minimum absolute atomic E-state index is 0.0260. The lowest BCUT2D eigenvalue weighted by atomic mass is 9.89. The van der Waals surface area contributed by atoms with Crippen LogP contribution >= 0.6 is 0 Å². The lowest BCUT2D eigenvalue weighted by Crippen LogP contribution is -2.41. The number of nitrogens with zero attached hydrogens (tertiary/aromatic N) is 3. The molecule has 0 aromatic heterocycles. The van der Waals surface area contributed by atoms with Crippen molar-refractivity contribution in [3.63, 3.8) is 0 Å². The molecule has 3 aliphatic heterocycles. The molecule has 3 amide bonds. The standard InChI is InChI=1S/3C15H18N2O3/c1-8(2)15(4)14(20)16-12(17-15)11-7-9(3)5-6-10(11)13(18)19;2*1-8(2)15(4)14(20)16-12(17-15)10-6-5-9(3)7-11(10)13(18)19/h3*5-8H,1-4H3,(H,18,19)(H,16,17,20). The second-order valence-electron chi connectivity index (χ2n) is 16.7. The molecule has 0 spiro atoms. The predicted molar refractivity (Wildman–Crippen MR) is 228 cm³/mol.